The molecule has 0 aliphatic carbocycles. The fourth-order valence-corrected chi connectivity index (χ4v) is 2.89. The lowest BCUT2D eigenvalue weighted by molar-refractivity contribution is 0.608. The van der Waals surface area contributed by atoms with Crippen molar-refractivity contribution in [3.05, 3.63) is 58.5 Å². The minimum absolute atomic E-state index is 0.875. The number of hydrogen-bond donors (Lipinski definition) is 1. The van der Waals surface area contributed by atoms with Gasteiger partial charge in [-0.15, -0.1) is 11.3 Å². The second-order valence-electron chi connectivity index (χ2n) is 4.41. The predicted molar refractivity (Wildman–Crippen MR) is 81.3 cm³/mol. The van der Waals surface area contributed by atoms with Crippen molar-refractivity contribution in [2.24, 2.45) is 0 Å². The summed E-state index contributed by atoms with van der Waals surface area (Å²) >= 11 is 1.72. The molecular formula is C16H11NOS. The SMILES string of the molecule is C(=Cc1cccs1)c1cc2[nH]c3ccccc3c2o1. The largest absolute Gasteiger partial charge is 0.454 e. The summed E-state index contributed by atoms with van der Waals surface area (Å²) in [5.41, 5.74) is 3.10. The van der Waals surface area contributed by atoms with Crippen LogP contribution in [0.2, 0.25) is 0 Å². The number of aromatic nitrogens is 1. The normalized spacial score (nSPS) is 12.0. The first-order chi connectivity index (χ1) is 9.40. The third-order valence-electron chi connectivity index (χ3n) is 3.15. The first-order valence-electron chi connectivity index (χ1n) is 6.12. The van der Waals surface area contributed by atoms with Gasteiger partial charge in [-0.25, -0.2) is 0 Å². The third-order valence-corrected chi connectivity index (χ3v) is 3.98. The molecule has 0 spiro atoms. The van der Waals surface area contributed by atoms with Crippen molar-refractivity contribution in [3.8, 4) is 0 Å². The number of para-hydroxylation sites is 1. The number of thiophene rings is 1. The second kappa shape index (κ2) is 4.14. The van der Waals surface area contributed by atoms with Gasteiger partial charge >= 0.3 is 0 Å². The first kappa shape index (κ1) is 10.6. The molecule has 0 bridgehead atoms. The maximum atomic E-state index is 5.91. The lowest BCUT2D eigenvalue weighted by Gasteiger charge is -1.88. The van der Waals surface area contributed by atoms with E-state index in [9.17, 15) is 0 Å². The molecule has 0 atom stereocenters. The Labute approximate surface area is 114 Å². The number of benzene rings is 1. The summed E-state index contributed by atoms with van der Waals surface area (Å²) in [7, 11) is 0. The first-order valence-corrected chi connectivity index (χ1v) is 7.00. The van der Waals surface area contributed by atoms with E-state index >= 15 is 0 Å². The van der Waals surface area contributed by atoms with E-state index in [-0.39, 0.29) is 0 Å². The van der Waals surface area contributed by atoms with Crippen LogP contribution in [0.25, 0.3) is 34.2 Å². The molecule has 92 valence electrons. The van der Waals surface area contributed by atoms with Crippen molar-refractivity contribution < 1.29 is 4.42 Å². The van der Waals surface area contributed by atoms with Crippen molar-refractivity contribution >= 4 is 45.5 Å². The van der Waals surface area contributed by atoms with Gasteiger partial charge in [-0.05, 0) is 35.7 Å². The van der Waals surface area contributed by atoms with Crippen LogP contribution in [0.1, 0.15) is 10.6 Å². The number of furan rings is 1. The molecule has 3 heteroatoms. The molecule has 0 fully saturated rings. The van der Waals surface area contributed by atoms with Gasteiger partial charge in [-0.2, -0.15) is 0 Å². The van der Waals surface area contributed by atoms with E-state index in [1.54, 1.807) is 11.3 Å². The lowest BCUT2D eigenvalue weighted by Crippen LogP contribution is -1.66. The molecule has 0 radical (unpaired) electrons. The highest BCUT2D eigenvalue weighted by Gasteiger charge is 2.08. The summed E-state index contributed by atoms with van der Waals surface area (Å²) in [4.78, 5) is 4.59. The van der Waals surface area contributed by atoms with Crippen molar-refractivity contribution in [1.82, 2.24) is 4.98 Å². The summed E-state index contributed by atoms with van der Waals surface area (Å²) in [5, 5.41) is 3.20. The molecule has 0 aliphatic rings. The Bertz CT molecular complexity index is 865. The van der Waals surface area contributed by atoms with E-state index in [4.69, 9.17) is 4.42 Å². The van der Waals surface area contributed by atoms with Gasteiger partial charge in [0.05, 0.1) is 5.52 Å². The fraction of sp³-hybridized carbons (Fsp3) is 0. The number of nitrogens with one attached hydrogen (secondary N) is 1. The molecule has 0 aliphatic heterocycles. The van der Waals surface area contributed by atoms with Crippen LogP contribution in [0.3, 0.4) is 0 Å². The lowest BCUT2D eigenvalue weighted by atomic mass is 10.2. The van der Waals surface area contributed by atoms with E-state index in [1.165, 1.54) is 4.88 Å². The molecule has 1 aromatic carbocycles. The molecule has 0 saturated heterocycles. The number of fused-ring (bicyclic) bond motifs is 3. The number of aromatic amines is 1. The summed E-state index contributed by atoms with van der Waals surface area (Å²) in [6.07, 6.45) is 4.08. The smallest absolute Gasteiger partial charge is 0.160 e. The van der Waals surface area contributed by atoms with Crippen LogP contribution >= 0.6 is 11.3 Å². The van der Waals surface area contributed by atoms with E-state index < -0.39 is 0 Å². The van der Waals surface area contributed by atoms with Crippen LogP contribution in [0.15, 0.2) is 52.3 Å². The minimum atomic E-state index is 0.875. The average Bonchev–Trinajstić information content (AvgIpc) is 3.12. The van der Waals surface area contributed by atoms with Crippen molar-refractivity contribution in [3.63, 3.8) is 0 Å². The zero-order valence-corrected chi connectivity index (χ0v) is 10.9. The maximum Gasteiger partial charge on any atom is 0.160 e. The van der Waals surface area contributed by atoms with Gasteiger partial charge in [0.15, 0.2) is 5.58 Å². The highest BCUT2D eigenvalue weighted by molar-refractivity contribution is 7.10. The van der Waals surface area contributed by atoms with E-state index in [1.807, 2.05) is 30.3 Å². The van der Waals surface area contributed by atoms with Crippen LogP contribution in [-0.4, -0.2) is 4.98 Å². The van der Waals surface area contributed by atoms with Gasteiger partial charge in [-0.1, -0.05) is 18.2 Å². The topological polar surface area (TPSA) is 28.9 Å². The second-order valence-corrected chi connectivity index (χ2v) is 5.39. The van der Waals surface area contributed by atoms with Crippen molar-refractivity contribution in [2.45, 2.75) is 0 Å². The van der Waals surface area contributed by atoms with Gasteiger partial charge < -0.3 is 9.40 Å². The van der Waals surface area contributed by atoms with Crippen LogP contribution in [0.5, 0.6) is 0 Å². The average molecular weight is 265 g/mol. The van der Waals surface area contributed by atoms with Gasteiger partial charge in [0.2, 0.25) is 0 Å². The Morgan fingerprint density at radius 1 is 1.00 bits per heavy atom. The zero-order valence-electron chi connectivity index (χ0n) is 10.1. The van der Waals surface area contributed by atoms with E-state index in [0.29, 0.717) is 0 Å². The Kier molecular flexibility index (Phi) is 2.32. The highest BCUT2D eigenvalue weighted by Crippen LogP contribution is 2.28. The van der Waals surface area contributed by atoms with Gasteiger partial charge in [0, 0.05) is 21.8 Å². The van der Waals surface area contributed by atoms with Gasteiger partial charge in [-0.3, -0.25) is 0 Å². The molecule has 3 aromatic heterocycles. The summed E-state index contributed by atoms with van der Waals surface area (Å²) < 4.78 is 5.91. The molecule has 0 unspecified atom stereocenters. The number of rotatable bonds is 2. The highest BCUT2D eigenvalue weighted by atomic mass is 32.1. The Balaban J connectivity index is 1.80. The summed E-state index contributed by atoms with van der Waals surface area (Å²) in [6.45, 7) is 0. The van der Waals surface area contributed by atoms with Gasteiger partial charge in [0.1, 0.15) is 5.76 Å². The maximum absolute atomic E-state index is 5.91. The van der Waals surface area contributed by atoms with E-state index in [0.717, 1.165) is 27.8 Å². The predicted octanol–water partition coefficient (Wildman–Crippen LogP) is 5.15. The quantitative estimate of drug-likeness (QED) is 0.533. The monoisotopic (exact) mass is 265 g/mol. The fourth-order valence-electron chi connectivity index (χ4n) is 2.27. The molecule has 2 nitrogen and oxygen atoms in total. The van der Waals surface area contributed by atoms with Crippen LogP contribution in [-0.2, 0) is 0 Å². The molecule has 0 saturated carbocycles. The number of H-pyrrole nitrogens is 1. The minimum Gasteiger partial charge on any atom is -0.454 e. The van der Waals surface area contributed by atoms with Crippen LogP contribution in [0.4, 0.5) is 0 Å². The molecule has 4 rings (SSSR count). The van der Waals surface area contributed by atoms with Crippen LogP contribution in [0, 0.1) is 0 Å². The van der Waals surface area contributed by atoms with Gasteiger partial charge in [0.25, 0.3) is 0 Å². The van der Waals surface area contributed by atoms with E-state index in [2.05, 4.69) is 34.6 Å². The van der Waals surface area contributed by atoms with Crippen molar-refractivity contribution in [2.75, 3.05) is 0 Å². The molecule has 3 heterocycles. The summed E-state index contributed by atoms with van der Waals surface area (Å²) in [5.74, 6) is 0.875. The molecule has 0 amide bonds. The Morgan fingerprint density at radius 2 is 1.95 bits per heavy atom. The zero-order chi connectivity index (χ0) is 12.7. The van der Waals surface area contributed by atoms with Crippen LogP contribution < -0.4 is 0 Å². The molecule has 19 heavy (non-hydrogen) atoms. The van der Waals surface area contributed by atoms with Crippen molar-refractivity contribution in [1.29, 1.82) is 0 Å². The molecule has 4 aromatic rings. The Hall–Kier alpha value is -2.26. The molecule has 1 N–H and O–H groups in total. The number of hydrogen-bond acceptors (Lipinski definition) is 2. The Morgan fingerprint density at radius 3 is 2.84 bits per heavy atom. The third kappa shape index (κ3) is 1.79. The standard InChI is InChI=1S/C16H11NOS/c1-2-6-14-13(5-1)16-15(17-14)10-11(18-16)7-8-12-4-3-9-19-12/h1-10,17H. The summed E-state index contributed by atoms with van der Waals surface area (Å²) in [6, 6.07) is 14.4. The molecular weight excluding hydrogens is 254 g/mol.